The Morgan fingerprint density at radius 2 is 2.19 bits per heavy atom. The van der Waals surface area contributed by atoms with Crippen LogP contribution in [-0.4, -0.2) is 6.54 Å². The maximum absolute atomic E-state index is 13.3. The minimum atomic E-state index is -0.222. The largest absolute Gasteiger partial charge is 0.310 e. The van der Waals surface area contributed by atoms with Gasteiger partial charge in [-0.3, -0.25) is 0 Å². The van der Waals surface area contributed by atoms with E-state index in [0.717, 1.165) is 12.1 Å². The zero-order valence-electron chi connectivity index (χ0n) is 9.69. The van der Waals surface area contributed by atoms with E-state index in [-0.39, 0.29) is 11.9 Å². The number of hydrogen-bond donors (Lipinski definition) is 1. The molecule has 1 unspecified atom stereocenters. The topological polar surface area (TPSA) is 12.0 Å². The van der Waals surface area contributed by atoms with Crippen LogP contribution in [0.15, 0.2) is 12.1 Å². The van der Waals surface area contributed by atoms with E-state index in [1.54, 1.807) is 6.92 Å². The number of aryl methyl sites for hydroxylation is 1. The van der Waals surface area contributed by atoms with E-state index in [9.17, 15) is 4.39 Å². The highest BCUT2D eigenvalue weighted by molar-refractivity contribution is 6.31. The molecule has 3 heteroatoms. The van der Waals surface area contributed by atoms with E-state index >= 15 is 0 Å². The fourth-order valence-electron chi connectivity index (χ4n) is 2.10. The van der Waals surface area contributed by atoms with Crippen molar-refractivity contribution in [2.75, 3.05) is 6.54 Å². The zero-order chi connectivity index (χ0) is 11.7. The molecular formula is C13H17ClFN. The maximum atomic E-state index is 13.3. The first-order valence-corrected chi connectivity index (χ1v) is 6.20. The Balaban J connectivity index is 2.32. The summed E-state index contributed by atoms with van der Waals surface area (Å²) in [5.41, 5.74) is 1.72. The van der Waals surface area contributed by atoms with Gasteiger partial charge in [-0.2, -0.15) is 0 Å². The summed E-state index contributed by atoms with van der Waals surface area (Å²) in [5, 5.41) is 3.98. The van der Waals surface area contributed by atoms with Crippen molar-refractivity contribution in [3.63, 3.8) is 0 Å². The third-order valence-corrected chi connectivity index (χ3v) is 3.46. The van der Waals surface area contributed by atoms with Crippen molar-refractivity contribution in [2.24, 2.45) is 5.92 Å². The van der Waals surface area contributed by atoms with Crippen molar-refractivity contribution in [2.45, 2.75) is 32.7 Å². The van der Waals surface area contributed by atoms with Crippen LogP contribution in [0.5, 0.6) is 0 Å². The summed E-state index contributed by atoms with van der Waals surface area (Å²) in [4.78, 5) is 0. The number of nitrogens with one attached hydrogen (secondary N) is 1. The lowest BCUT2D eigenvalue weighted by atomic mass is 10.00. The Hall–Kier alpha value is -0.600. The van der Waals surface area contributed by atoms with Gasteiger partial charge in [-0.25, -0.2) is 4.39 Å². The smallest absolute Gasteiger partial charge is 0.127 e. The average Bonchev–Trinajstić information content (AvgIpc) is 3.04. The molecule has 88 valence electrons. The van der Waals surface area contributed by atoms with Crippen molar-refractivity contribution in [3.05, 3.63) is 34.1 Å². The van der Waals surface area contributed by atoms with Gasteiger partial charge in [0.25, 0.3) is 0 Å². The summed E-state index contributed by atoms with van der Waals surface area (Å²) in [6.45, 7) is 4.78. The van der Waals surface area contributed by atoms with Crippen molar-refractivity contribution >= 4 is 11.6 Å². The van der Waals surface area contributed by atoms with Gasteiger partial charge in [0.05, 0.1) is 0 Å². The van der Waals surface area contributed by atoms with Gasteiger partial charge in [0.1, 0.15) is 5.82 Å². The van der Waals surface area contributed by atoms with E-state index in [1.807, 2.05) is 6.07 Å². The highest BCUT2D eigenvalue weighted by Gasteiger charge is 2.33. The molecule has 0 aliphatic heterocycles. The molecule has 1 saturated carbocycles. The van der Waals surface area contributed by atoms with E-state index in [4.69, 9.17) is 11.6 Å². The fraction of sp³-hybridized carbons (Fsp3) is 0.538. The van der Waals surface area contributed by atoms with Crippen molar-refractivity contribution < 1.29 is 4.39 Å². The predicted molar refractivity (Wildman–Crippen MR) is 65.3 cm³/mol. The Morgan fingerprint density at radius 3 is 2.75 bits per heavy atom. The molecule has 1 aromatic rings. The predicted octanol–water partition coefficient (Wildman–Crippen LogP) is 3.85. The monoisotopic (exact) mass is 241 g/mol. The lowest BCUT2D eigenvalue weighted by Crippen LogP contribution is -2.23. The number of rotatable bonds is 4. The first-order valence-electron chi connectivity index (χ1n) is 5.82. The quantitative estimate of drug-likeness (QED) is 0.845. The number of benzene rings is 1. The lowest BCUT2D eigenvalue weighted by molar-refractivity contribution is 0.494. The molecule has 1 aliphatic carbocycles. The van der Waals surface area contributed by atoms with Crippen LogP contribution >= 0.6 is 11.6 Å². The van der Waals surface area contributed by atoms with Crippen LogP contribution in [0.4, 0.5) is 4.39 Å². The van der Waals surface area contributed by atoms with Crippen LogP contribution in [0.2, 0.25) is 5.02 Å². The number of hydrogen-bond acceptors (Lipinski definition) is 1. The second kappa shape index (κ2) is 4.72. The molecule has 0 aromatic heterocycles. The molecule has 0 amide bonds. The van der Waals surface area contributed by atoms with Gasteiger partial charge in [0.2, 0.25) is 0 Å². The van der Waals surface area contributed by atoms with E-state index in [1.165, 1.54) is 18.9 Å². The maximum Gasteiger partial charge on any atom is 0.127 e. The van der Waals surface area contributed by atoms with Gasteiger partial charge in [-0.05, 0) is 49.4 Å². The summed E-state index contributed by atoms with van der Waals surface area (Å²) in [6, 6.07) is 3.60. The SMILES string of the molecule is CCNC(c1cc(C)c(F)cc1Cl)C1CC1. The summed E-state index contributed by atoms with van der Waals surface area (Å²) in [5.74, 6) is 0.446. The fourth-order valence-corrected chi connectivity index (χ4v) is 2.37. The van der Waals surface area contributed by atoms with Crippen LogP contribution in [0, 0.1) is 18.7 Å². The van der Waals surface area contributed by atoms with Crippen LogP contribution in [0.25, 0.3) is 0 Å². The van der Waals surface area contributed by atoms with Crippen LogP contribution < -0.4 is 5.32 Å². The van der Waals surface area contributed by atoms with Crippen LogP contribution in [0.1, 0.15) is 36.9 Å². The van der Waals surface area contributed by atoms with Gasteiger partial charge in [-0.1, -0.05) is 24.6 Å². The molecule has 0 radical (unpaired) electrons. The van der Waals surface area contributed by atoms with Crippen LogP contribution in [-0.2, 0) is 0 Å². The van der Waals surface area contributed by atoms with E-state index in [2.05, 4.69) is 12.2 Å². The minimum Gasteiger partial charge on any atom is -0.310 e. The number of halogens is 2. The summed E-state index contributed by atoms with van der Waals surface area (Å²) < 4.78 is 13.3. The molecule has 1 atom stereocenters. The highest BCUT2D eigenvalue weighted by Crippen LogP contribution is 2.43. The van der Waals surface area contributed by atoms with Crippen molar-refractivity contribution in [3.8, 4) is 0 Å². The molecule has 0 saturated heterocycles. The highest BCUT2D eigenvalue weighted by atomic mass is 35.5. The molecule has 2 rings (SSSR count). The molecule has 1 fully saturated rings. The molecule has 0 bridgehead atoms. The molecule has 1 aromatic carbocycles. The Kier molecular flexibility index (Phi) is 3.50. The standard InChI is InChI=1S/C13H17ClFN/c1-3-16-13(9-4-5-9)10-6-8(2)12(15)7-11(10)14/h6-7,9,13,16H,3-5H2,1-2H3. The first kappa shape index (κ1) is 11.9. The normalized spacial score (nSPS) is 17.5. The molecule has 0 heterocycles. The molecule has 0 spiro atoms. The Morgan fingerprint density at radius 1 is 1.50 bits per heavy atom. The Labute approximate surface area is 101 Å². The third-order valence-electron chi connectivity index (χ3n) is 3.13. The van der Waals surface area contributed by atoms with Gasteiger partial charge in [0, 0.05) is 11.1 Å². The molecule has 1 nitrogen and oxygen atoms in total. The van der Waals surface area contributed by atoms with Gasteiger partial charge >= 0.3 is 0 Å². The minimum absolute atomic E-state index is 0.222. The van der Waals surface area contributed by atoms with E-state index < -0.39 is 0 Å². The second-order valence-corrected chi connectivity index (χ2v) is 4.90. The summed E-state index contributed by atoms with van der Waals surface area (Å²) in [6.07, 6.45) is 2.48. The molecule has 16 heavy (non-hydrogen) atoms. The molecular weight excluding hydrogens is 225 g/mol. The van der Waals surface area contributed by atoms with Crippen LogP contribution in [0.3, 0.4) is 0 Å². The average molecular weight is 242 g/mol. The first-order chi connectivity index (χ1) is 7.63. The second-order valence-electron chi connectivity index (χ2n) is 4.50. The summed E-state index contributed by atoms with van der Waals surface area (Å²) in [7, 11) is 0. The van der Waals surface area contributed by atoms with Gasteiger partial charge < -0.3 is 5.32 Å². The third kappa shape index (κ3) is 2.38. The Bertz CT molecular complexity index is 388. The zero-order valence-corrected chi connectivity index (χ0v) is 10.4. The molecule has 1 N–H and O–H groups in total. The van der Waals surface area contributed by atoms with Crippen molar-refractivity contribution in [1.29, 1.82) is 0 Å². The van der Waals surface area contributed by atoms with E-state index in [0.29, 0.717) is 16.5 Å². The van der Waals surface area contributed by atoms with Gasteiger partial charge in [-0.15, -0.1) is 0 Å². The van der Waals surface area contributed by atoms with Crippen molar-refractivity contribution in [1.82, 2.24) is 5.32 Å². The molecule has 1 aliphatic rings. The summed E-state index contributed by atoms with van der Waals surface area (Å²) >= 11 is 6.12. The lowest BCUT2D eigenvalue weighted by Gasteiger charge is -2.19. The van der Waals surface area contributed by atoms with Gasteiger partial charge in [0.15, 0.2) is 0 Å².